The quantitative estimate of drug-likeness (QED) is 0.576. The highest BCUT2D eigenvalue weighted by Gasteiger charge is 2.38. The highest BCUT2D eigenvalue weighted by atomic mass is 16.5. The number of hydrogen-bond acceptors (Lipinski definition) is 2. The Hall–Kier alpha value is -1.57. The van der Waals surface area contributed by atoms with Gasteiger partial charge in [0.2, 0.25) is 0 Å². The molecule has 1 aromatic rings. The number of allylic oxidation sites excluding steroid dienone is 2. The molecule has 1 atom stereocenters. The van der Waals surface area contributed by atoms with Crippen molar-refractivity contribution in [2.24, 2.45) is 5.41 Å². The summed E-state index contributed by atoms with van der Waals surface area (Å²) in [6, 6.07) is 8.30. The maximum atomic E-state index is 11.9. The van der Waals surface area contributed by atoms with Crippen LogP contribution in [0.5, 0.6) is 0 Å². The van der Waals surface area contributed by atoms with Crippen LogP contribution in [0.15, 0.2) is 36.4 Å². The van der Waals surface area contributed by atoms with Crippen LogP contribution in [0, 0.1) is 5.41 Å². The summed E-state index contributed by atoms with van der Waals surface area (Å²) < 4.78 is 4.91. The first-order valence-corrected chi connectivity index (χ1v) is 5.90. The van der Waals surface area contributed by atoms with Crippen LogP contribution < -0.4 is 0 Å². The van der Waals surface area contributed by atoms with Gasteiger partial charge in [0.1, 0.15) is 0 Å². The zero-order chi connectivity index (χ0) is 12.5. The van der Waals surface area contributed by atoms with Gasteiger partial charge in [-0.05, 0) is 31.4 Å². The van der Waals surface area contributed by atoms with Crippen LogP contribution in [0.2, 0.25) is 0 Å². The molecule has 2 rings (SSSR count). The van der Waals surface area contributed by atoms with E-state index in [0.29, 0.717) is 0 Å². The normalized spacial score (nSPS) is 18.6. The van der Waals surface area contributed by atoms with Crippen molar-refractivity contribution in [3.05, 3.63) is 47.5 Å². The molecule has 0 heterocycles. The minimum Gasteiger partial charge on any atom is -0.469 e. The van der Waals surface area contributed by atoms with E-state index in [1.54, 1.807) is 0 Å². The maximum absolute atomic E-state index is 11.9. The van der Waals surface area contributed by atoms with Crippen molar-refractivity contribution in [1.82, 2.24) is 0 Å². The molecule has 0 N–H and O–H groups in total. The molecule has 2 nitrogen and oxygen atoms in total. The number of hydrogen-bond donors (Lipinski definition) is 0. The third-order valence-electron chi connectivity index (χ3n) is 3.55. The van der Waals surface area contributed by atoms with Gasteiger partial charge in [-0.15, -0.1) is 0 Å². The predicted molar refractivity (Wildman–Crippen MR) is 67.8 cm³/mol. The minimum absolute atomic E-state index is 0.0971. The summed E-state index contributed by atoms with van der Waals surface area (Å²) in [6.45, 7) is 3.88. The van der Waals surface area contributed by atoms with Gasteiger partial charge in [-0.25, -0.2) is 0 Å². The van der Waals surface area contributed by atoms with Crippen molar-refractivity contribution in [1.29, 1.82) is 0 Å². The molecule has 0 saturated carbocycles. The predicted octanol–water partition coefficient (Wildman–Crippen LogP) is 3.08. The van der Waals surface area contributed by atoms with Gasteiger partial charge in [-0.3, -0.25) is 4.79 Å². The zero-order valence-electron chi connectivity index (χ0n) is 10.6. The average Bonchev–Trinajstić information content (AvgIpc) is 2.37. The SMILES string of the molecule is COC(=O)C(C)(C)C1C=CCc2ccccc21. The Labute approximate surface area is 102 Å². The molecule has 0 fully saturated rings. The Kier molecular flexibility index (Phi) is 3.05. The molecule has 0 saturated heterocycles. The van der Waals surface area contributed by atoms with Crippen molar-refractivity contribution in [2.75, 3.05) is 7.11 Å². The fourth-order valence-corrected chi connectivity index (χ4v) is 2.48. The van der Waals surface area contributed by atoms with E-state index in [4.69, 9.17) is 4.74 Å². The molecule has 90 valence electrons. The van der Waals surface area contributed by atoms with E-state index in [1.807, 2.05) is 26.0 Å². The Morgan fingerprint density at radius 3 is 2.76 bits per heavy atom. The molecule has 0 aromatic heterocycles. The Bertz CT molecular complexity index is 458. The second-order valence-electron chi connectivity index (χ2n) is 5.02. The number of esters is 1. The van der Waals surface area contributed by atoms with Gasteiger partial charge in [-0.1, -0.05) is 36.4 Å². The van der Waals surface area contributed by atoms with E-state index in [0.717, 1.165) is 6.42 Å². The first-order chi connectivity index (χ1) is 8.07. The number of ether oxygens (including phenoxy) is 1. The summed E-state index contributed by atoms with van der Waals surface area (Å²) in [4.78, 5) is 11.9. The lowest BCUT2D eigenvalue weighted by atomic mass is 9.71. The van der Waals surface area contributed by atoms with Crippen LogP contribution in [0.3, 0.4) is 0 Å². The van der Waals surface area contributed by atoms with Gasteiger partial charge in [0.05, 0.1) is 12.5 Å². The molecule has 1 aromatic carbocycles. The molecule has 1 unspecified atom stereocenters. The largest absolute Gasteiger partial charge is 0.469 e. The maximum Gasteiger partial charge on any atom is 0.312 e. The van der Waals surface area contributed by atoms with E-state index < -0.39 is 5.41 Å². The van der Waals surface area contributed by atoms with Crippen molar-refractivity contribution >= 4 is 5.97 Å². The summed E-state index contributed by atoms with van der Waals surface area (Å²) in [5.74, 6) is -0.0660. The lowest BCUT2D eigenvalue weighted by Gasteiger charge is -2.33. The number of carbonyl (C=O) groups is 1. The Morgan fingerprint density at radius 2 is 2.06 bits per heavy atom. The standard InChI is InChI=1S/C15H18O2/c1-15(2,14(16)17-3)13-10-6-8-11-7-4-5-9-12(11)13/h4-7,9-10,13H,8H2,1-3H3. The summed E-state index contributed by atoms with van der Waals surface area (Å²) in [7, 11) is 1.45. The van der Waals surface area contributed by atoms with Crippen molar-refractivity contribution in [2.45, 2.75) is 26.2 Å². The van der Waals surface area contributed by atoms with Crippen LogP contribution in [-0.2, 0) is 16.0 Å². The molecule has 2 heteroatoms. The molecular weight excluding hydrogens is 212 g/mol. The Morgan fingerprint density at radius 1 is 1.35 bits per heavy atom. The number of carbonyl (C=O) groups excluding carboxylic acids is 1. The highest BCUT2D eigenvalue weighted by Crippen LogP contribution is 2.41. The van der Waals surface area contributed by atoms with E-state index in [9.17, 15) is 4.79 Å². The fraction of sp³-hybridized carbons (Fsp3) is 0.400. The molecule has 1 aliphatic rings. The zero-order valence-corrected chi connectivity index (χ0v) is 10.6. The van der Waals surface area contributed by atoms with Gasteiger partial charge in [0, 0.05) is 5.92 Å². The molecule has 17 heavy (non-hydrogen) atoms. The van der Waals surface area contributed by atoms with E-state index in [-0.39, 0.29) is 11.9 Å². The fourth-order valence-electron chi connectivity index (χ4n) is 2.48. The number of rotatable bonds is 2. The molecular formula is C15H18O2. The van der Waals surface area contributed by atoms with Crippen molar-refractivity contribution in [3.8, 4) is 0 Å². The van der Waals surface area contributed by atoms with E-state index >= 15 is 0 Å². The third kappa shape index (κ3) is 1.99. The van der Waals surface area contributed by atoms with Crippen molar-refractivity contribution < 1.29 is 9.53 Å². The lowest BCUT2D eigenvalue weighted by molar-refractivity contribution is -0.151. The second kappa shape index (κ2) is 4.36. The number of fused-ring (bicyclic) bond motifs is 1. The first-order valence-electron chi connectivity index (χ1n) is 5.90. The third-order valence-corrected chi connectivity index (χ3v) is 3.55. The van der Waals surface area contributed by atoms with Crippen molar-refractivity contribution in [3.63, 3.8) is 0 Å². The van der Waals surface area contributed by atoms with Gasteiger partial charge < -0.3 is 4.74 Å². The monoisotopic (exact) mass is 230 g/mol. The molecule has 0 spiro atoms. The van der Waals surface area contributed by atoms with E-state index in [1.165, 1.54) is 18.2 Å². The van der Waals surface area contributed by atoms with Gasteiger partial charge in [0.15, 0.2) is 0 Å². The molecule has 0 amide bonds. The topological polar surface area (TPSA) is 26.3 Å². The average molecular weight is 230 g/mol. The number of benzene rings is 1. The molecule has 0 radical (unpaired) electrons. The van der Waals surface area contributed by atoms with Crippen LogP contribution in [-0.4, -0.2) is 13.1 Å². The van der Waals surface area contributed by atoms with Crippen LogP contribution in [0.4, 0.5) is 0 Å². The summed E-state index contributed by atoms with van der Waals surface area (Å²) in [5, 5.41) is 0. The van der Waals surface area contributed by atoms with Crippen LogP contribution in [0.25, 0.3) is 0 Å². The summed E-state index contributed by atoms with van der Waals surface area (Å²) >= 11 is 0. The Balaban J connectivity index is 2.43. The smallest absolute Gasteiger partial charge is 0.312 e. The summed E-state index contributed by atoms with van der Waals surface area (Å²) in [5.41, 5.74) is 2.02. The van der Waals surface area contributed by atoms with Crippen LogP contribution >= 0.6 is 0 Å². The van der Waals surface area contributed by atoms with Crippen LogP contribution in [0.1, 0.15) is 30.9 Å². The van der Waals surface area contributed by atoms with Gasteiger partial charge in [-0.2, -0.15) is 0 Å². The second-order valence-corrected chi connectivity index (χ2v) is 5.02. The number of methoxy groups -OCH3 is 1. The first kappa shape index (κ1) is 11.9. The minimum atomic E-state index is -0.526. The van der Waals surface area contributed by atoms with E-state index in [2.05, 4.69) is 24.3 Å². The lowest BCUT2D eigenvalue weighted by Crippen LogP contribution is -2.33. The molecule has 0 aliphatic heterocycles. The highest BCUT2D eigenvalue weighted by molar-refractivity contribution is 5.78. The molecule has 0 bridgehead atoms. The van der Waals surface area contributed by atoms with Gasteiger partial charge in [0.25, 0.3) is 0 Å². The molecule has 1 aliphatic carbocycles. The van der Waals surface area contributed by atoms with Gasteiger partial charge >= 0.3 is 5.97 Å². The summed E-state index contributed by atoms with van der Waals surface area (Å²) in [6.07, 6.45) is 5.21.